The lowest BCUT2D eigenvalue weighted by Crippen LogP contribution is -1.97. The molecular weight excluding hydrogens is 263 g/mol. The van der Waals surface area contributed by atoms with Crippen LogP contribution in [0.5, 0.6) is 0 Å². The van der Waals surface area contributed by atoms with Crippen LogP contribution < -0.4 is 0 Å². The van der Waals surface area contributed by atoms with E-state index in [2.05, 4.69) is 10.2 Å². The number of rotatable bonds is 3. The average molecular weight is 274 g/mol. The molecule has 0 saturated heterocycles. The minimum atomic E-state index is -0.723. The standard InChI is InChI=1S/C14H11FN2OS/c15-10-5-3-9(4-6-10)13-11(8-16-17-13)14(18)12-2-1-7-19-12/h1-8,14,18H,(H,16,17). The Labute approximate surface area is 113 Å². The molecule has 0 aliphatic rings. The van der Waals surface area contributed by atoms with E-state index in [1.165, 1.54) is 23.5 Å². The van der Waals surface area contributed by atoms with Crippen molar-refractivity contribution in [1.82, 2.24) is 10.2 Å². The number of nitrogens with zero attached hydrogens (tertiary/aromatic N) is 1. The fourth-order valence-corrected chi connectivity index (χ4v) is 2.68. The van der Waals surface area contributed by atoms with Gasteiger partial charge in [-0.05, 0) is 35.7 Å². The largest absolute Gasteiger partial charge is 0.383 e. The van der Waals surface area contributed by atoms with Crippen LogP contribution in [0, 0.1) is 5.82 Å². The van der Waals surface area contributed by atoms with Crippen molar-refractivity contribution in [3.8, 4) is 11.3 Å². The van der Waals surface area contributed by atoms with Gasteiger partial charge in [0.15, 0.2) is 0 Å². The third kappa shape index (κ3) is 2.30. The number of H-pyrrole nitrogens is 1. The highest BCUT2D eigenvalue weighted by Gasteiger charge is 2.18. The Morgan fingerprint density at radius 3 is 2.68 bits per heavy atom. The van der Waals surface area contributed by atoms with Crippen molar-refractivity contribution in [2.45, 2.75) is 6.10 Å². The third-order valence-electron chi connectivity index (χ3n) is 2.91. The number of hydrogen-bond donors (Lipinski definition) is 2. The molecule has 1 unspecified atom stereocenters. The van der Waals surface area contributed by atoms with Crippen molar-refractivity contribution < 1.29 is 9.50 Å². The van der Waals surface area contributed by atoms with E-state index in [4.69, 9.17) is 0 Å². The van der Waals surface area contributed by atoms with Crippen molar-refractivity contribution in [1.29, 1.82) is 0 Å². The molecular formula is C14H11FN2OS. The van der Waals surface area contributed by atoms with Gasteiger partial charge in [-0.2, -0.15) is 5.10 Å². The molecule has 1 aromatic carbocycles. The van der Waals surface area contributed by atoms with Gasteiger partial charge in [0, 0.05) is 16.0 Å². The summed E-state index contributed by atoms with van der Waals surface area (Å²) < 4.78 is 12.9. The molecule has 19 heavy (non-hydrogen) atoms. The van der Waals surface area contributed by atoms with Crippen LogP contribution in [0.3, 0.4) is 0 Å². The van der Waals surface area contributed by atoms with Crippen molar-refractivity contribution >= 4 is 11.3 Å². The number of thiophene rings is 1. The van der Waals surface area contributed by atoms with E-state index in [0.717, 1.165) is 10.4 Å². The molecule has 2 heterocycles. The number of aliphatic hydroxyl groups excluding tert-OH is 1. The van der Waals surface area contributed by atoms with E-state index < -0.39 is 6.10 Å². The van der Waals surface area contributed by atoms with Gasteiger partial charge in [-0.25, -0.2) is 4.39 Å². The van der Waals surface area contributed by atoms with Crippen molar-refractivity contribution in [2.75, 3.05) is 0 Å². The SMILES string of the molecule is OC(c1cccs1)c1cn[nH]c1-c1ccc(F)cc1. The van der Waals surface area contributed by atoms with Crippen LogP contribution in [-0.2, 0) is 0 Å². The Hall–Kier alpha value is -1.98. The first kappa shape index (κ1) is 12.1. The third-order valence-corrected chi connectivity index (χ3v) is 3.83. The summed E-state index contributed by atoms with van der Waals surface area (Å²) in [6.07, 6.45) is 0.877. The lowest BCUT2D eigenvalue weighted by atomic mass is 10.0. The zero-order valence-electron chi connectivity index (χ0n) is 9.88. The van der Waals surface area contributed by atoms with E-state index in [-0.39, 0.29) is 5.82 Å². The molecule has 3 nitrogen and oxygen atoms in total. The number of hydrogen-bond acceptors (Lipinski definition) is 3. The number of halogens is 1. The molecule has 5 heteroatoms. The normalized spacial score (nSPS) is 12.5. The predicted molar refractivity (Wildman–Crippen MR) is 72.4 cm³/mol. The summed E-state index contributed by atoms with van der Waals surface area (Å²) >= 11 is 1.48. The van der Waals surface area contributed by atoms with Crippen molar-refractivity contribution in [3.63, 3.8) is 0 Å². The smallest absolute Gasteiger partial charge is 0.123 e. The molecule has 0 amide bonds. The van der Waals surface area contributed by atoms with Crippen LogP contribution in [0.15, 0.2) is 48.0 Å². The lowest BCUT2D eigenvalue weighted by molar-refractivity contribution is 0.225. The van der Waals surface area contributed by atoms with Crippen LogP contribution in [0.2, 0.25) is 0 Å². The van der Waals surface area contributed by atoms with E-state index in [1.807, 2.05) is 17.5 Å². The molecule has 0 aliphatic heterocycles. The minimum Gasteiger partial charge on any atom is -0.383 e. The van der Waals surface area contributed by atoms with Crippen LogP contribution >= 0.6 is 11.3 Å². The molecule has 0 bridgehead atoms. The number of nitrogens with one attached hydrogen (secondary N) is 1. The minimum absolute atomic E-state index is 0.288. The Balaban J connectivity index is 2.01. The molecule has 2 aromatic heterocycles. The molecule has 1 atom stereocenters. The average Bonchev–Trinajstić information content (AvgIpc) is 3.10. The zero-order chi connectivity index (χ0) is 13.2. The molecule has 2 N–H and O–H groups in total. The second-order valence-electron chi connectivity index (χ2n) is 4.13. The Morgan fingerprint density at radius 1 is 1.21 bits per heavy atom. The molecule has 3 rings (SSSR count). The summed E-state index contributed by atoms with van der Waals surface area (Å²) in [6.45, 7) is 0. The highest BCUT2D eigenvalue weighted by molar-refractivity contribution is 7.10. The summed E-state index contributed by atoms with van der Waals surface area (Å²) in [7, 11) is 0. The van der Waals surface area contributed by atoms with E-state index in [9.17, 15) is 9.50 Å². The number of aromatic nitrogens is 2. The van der Waals surface area contributed by atoms with Gasteiger partial charge < -0.3 is 5.11 Å². The summed E-state index contributed by atoms with van der Waals surface area (Å²) in [5.41, 5.74) is 2.19. The van der Waals surface area contributed by atoms with Crippen molar-refractivity contribution in [3.05, 3.63) is 64.2 Å². The Bertz CT molecular complexity index is 661. The number of benzene rings is 1. The maximum atomic E-state index is 12.9. The Kier molecular flexibility index (Phi) is 3.15. The topological polar surface area (TPSA) is 48.9 Å². The first-order chi connectivity index (χ1) is 9.25. The van der Waals surface area contributed by atoms with Crippen LogP contribution in [0.25, 0.3) is 11.3 Å². The summed E-state index contributed by atoms with van der Waals surface area (Å²) in [5.74, 6) is -0.288. The molecule has 0 radical (unpaired) electrons. The first-order valence-corrected chi connectivity index (χ1v) is 6.64. The highest BCUT2D eigenvalue weighted by atomic mass is 32.1. The number of aliphatic hydroxyl groups is 1. The van der Waals surface area contributed by atoms with E-state index in [1.54, 1.807) is 18.3 Å². The fraction of sp³-hybridized carbons (Fsp3) is 0.0714. The first-order valence-electron chi connectivity index (χ1n) is 5.76. The maximum Gasteiger partial charge on any atom is 0.123 e. The molecule has 0 saturated carbocycles. The van der Waals surface area contributed by atoms with Gasteiger partial charge in [-0.3, -0.25) is 5.10 Å². The summed E-state index contributed by atoms with van der Waals surface area (Å²) in [6, 6.07) is 9.85. The zero-order valence-corrected chi connectivity index (χ0v) is 10.7. The second-order valence-corrected chi connectivity index (χ2v) is 5.10. The molecule has 0 spiro atoms. The summed E-state index contributed by atoms with van der Waals surface area (Å²) in [5, 5.41) is 19.1. The van der Waals surface area contributed by atoms with Gasteiger partial charge in [0.05, 0.1) is 11.9 Å². The summed E-state index contributed by atoms with van der Waals surface area (Å²) in [4.78, 5) is 0.852. The highest BCUT2D eigenvalue weighted by Crippen LogP contribution is 2.32. The Morgan fingerprint density at radius 2 is 2.00 bits per heavy atom. The van der Waals surface area contributed by atoms with Crippen LogP contribution in [-0.4, -0.2) is 15.3 Å². The molecule has 3 aromatic rings. The van der Waals surface area contributed by atoms with Gasteiger partial charge in [0.1, 0.15) is 11.9 Å². The second kappa shape index (κ2) is 4.95. The maximum absolute atomic E-state index is 12.9. The van der Waals surface area contributed by atoms with E-state index >= 15 is 0 Å². The lowest BCUT2D eigenvalue weighted by Gasteiger charge is -2.09. The quantitative estimate of drug-likeness (QED) is 0.769. The van der Waals surface area contributed by atoms with Gasteiger partial charge in [0.25, 0.3) is 0 Å². The van der Waals surface area contributed by atoms with Crippen molar-refractivity contribution in [2.24, 2.45) is 0 Å². The molecule has 0 aliphatic carbocycles. The van der Waals surface area contributed by atoms with Gasteiger partial charge in [0.2, 0.25) is 0 Å². The molecule has 0 fully saturated rings. The molecule has 96 valence electrons. The monoisotopic (exact) mass is 274 g/mol. The fourth-order valence-electron chi connectivity index (χ4n) is 1.95. The van der Waals surface area contributed by atoms with Crippen LogP contribution in [0.4, 0.5) is 4.39 Å². The van der Waals surface area contributed by atoms with E-state index in [0.29, 0.717) is 11.3 Å². The van der Waals surface area contributed by atoms with Gasteiger partial charge in [-0.1, -0.05) is 6.07 Å². The van der Waals surface area contributed by atoms with Gasteiger partial charge >= 0.3 is 0 Å². The van der Waals surface area contributed by atoms with Gasteiger partial charge in [-0.15, -0.1) is 11.3 Å². The van der Waals surface area contributed by atoms with Crippen LogP contribution in [0.1, 0.15) is 16.5 Å². The predicted octanol–water partition coefficient (Wildman–Crippen LogP) is 3.36. The number of aromatic amines is 1.